The van der Waals surface area contributed by atoms with Crippen LogP contribution in [0.2, 0.25) is 0 Å². The van der Waals surface area contributed by atoms with Crippen molar-refractivity contribution in [2.24, 2.45) is 5.84 Å². The van der Waals surface area contributed by atoms with Crippen LogP contribution in [0.1, 0.15) is 19.3 Å². The zero-order chi connectivity index (χ0) is 13.7. The number of hydrogen-bond acceptors (Lipinski definition) is 7. The van der Waals surface area contributed by atoms with Gasteiger partial charge >= 0.3 is 0 Å². The lowest BCUT2D eigenvalue weighted by Crippen LogP contribution is -2.34. The second kappa shape index (κ2) is 6.53. The maximum atomic E-state index is 5.73. The van der Waals surface area contributed by atoms with Crippen LogP contribution in [0.3, 0.4) is 0 Å². The highest BCUT2D eigenvalue weighted by Gasteiger charge is 2.20. The molecule has 7 nitrogen and oxygen atoms in total. The molecule has 2 rings (SSSR count). The molecule has 1 unspecified atom stereocenters. The molecule has 1 aromatic heterocycles. The minimum Gasteiger partial charge on any atom is -0.490 e. The third-order valence-electron chi connectivity index (χ3n) is 3.24. The van der Waals surface area contributed by atoms with Crippen molar-refractivity contribution in [3.05, 3.63) is 6.33 Å². The standard InChI is InChI=1S/C12H21N5O2/c1-17(7-9-5-3-4-6-19-9)12-10(18-2)11(16-13)14-8-15-12/h8-9H,3-7,13H2,1-2H3,(H,14,15,16). The van der Waals surface area contributed by atoms with Gasteiger partial charge in [0.15, 0.2) is 11.6 Å². The molecule has 1 saturated heterocycles. The monoisotopic (exact) mass is 267 g/mol. The second-order valence-electron chi connectivity index (χ2n) is 4.59. The van der Waals surface area contributed by atoms with E-state index in [1.807, 2.05) is 11.9 Å². The number of likely N-dealkylation sites (N-methyl/N-ethyl adjacent to an activating group) is 1. The first-order valence-electron chi connectivity index (χ1n) is 6.44. The van der Waals surface area contributed by atoms with E-state index in [2.05, 4.69) is 15.4 Å². The Balaban J connectivity index is 2.11. The lowest BCUT2D eigenvalue weighted by atomic mass is 10.1. The summed E-state index contributed by atoms with van der Waals surface area (Å²) in [6.07, 6.45) is 5.16. The first-order chi connectivity index (χ1) is 9.26. The van der Waals surface area contributed by atoms with Gasteiger partial charge in [-0.2, -0.15) is 0 Å². The SMILES string of the molecule is COc1c(NN)ncnc1N(C)CC1CCCCO1. The van der Waals surface area contributed by atoms with E-state index in [4.69, 9.17) is 15.3 Å². The molecule has 3 N–H and O–H groups in total. The number of hydrogen-bond donors (Lipinski definition) is 2. The second-order valence-corrected chi connectivity index (χ2v) is 4.59. The Morgan fingerprint density at radius 2 is 2.37 bits per heavy atom. The van der Waals surface area contributed by atoms with Crippen LogP contribution in [-0.2, 0) is 4.74 Å². The molecule has 19 heavy (non-hydrogen) atoms. The fraction of sp³-hybridized carbons (Fsp3) is 0.667. The number of anilines is 2. The molecule has 1 aliphatic heterocycles. The molecule has 106 valence electrons. The van der Waals surface area contributed by atoms with Gasteiger partial charge in [0.2, 0.25) is 5.75 Å². The summed E-state index contributed by atoms with van der Waals surface area (Å²) in [5, 5.41) is 0. The third kappa shape index (κ3) is 3.24. The van der Waals surface area contributed by atoms with Gasteiger partial charge in [-0.15, -0.1) is 0 Å². The van der Waals surface area contributed by atoms with Gasteiger partial charge < -0.3 is 19.8 Å². The van der Waals surface area contributed by atoms with E-state index in [1.165, 1.54) is 12.7 Å². The zero-order valence-corrected chi connectivity index (χ0v) is 11.4. The van der Waals surface area contributed by atoms with Crippen molar-refractivity contribution in [1.82, 2.24) is 9.97 Å². The highest BCUT2D eigenvalue weighted by atomic mass is 16.5. The Hall–Kier alpha value is -1.60. The van der Waals surface area contributed by atoms with E-state index in [-0.39, 0.29) is 6.10 Å². The zero-order valence-electron chi connectivity index (χ0n) is 11.4. The van der Waals surface area contributed by atoms with E-state index in [0.717, 1.165) is 26.0 Å². The topological polar surface area (TPSA) is 85.5 Å². The molecule has 1 fully saturated rings. The van der Waals surface area contributed by atoms with Crippen LogP contribution in [0.15, 0.2) is 6.33 Å². The molecule has 1 aliphatic rings. The number of methoxy groups -OCH3 is 1. The van der Waals surface area contributed by atoms with Gasteiger partial charge in [0.1, 0.15) is 6.33 Å². The molecule has 0 aromatic carbocycles. The Morgan fingerprint density at radius 3 is 3.00 bits per heavy atom. The molecule has 1 aromatic rings. The fourth-order valence-corrected chi connectivity index (χ4v) is 2.27. The molecular weight excluding hydrogens is 246 g/mol. The van der Waals surface area contributed by atoms with Crippen LogP contribution in [0, 0.1) is 0 Å². The van der Waals surface area contributed by atoms with Gasteiger partial charge in [0.05, 0.1) is 13.2 Å². The number of nitrogens with one attached hydrogen (secondary N) is 1. The summed E-state index contributed by atoms with van der Waals surface area (Å²) in [6, 6.07) is 0. The van der Waals surface area contributed by atoms with Gasteiger partial charge in [-0.1, -0.05) is 0 Å². The minimum atomic E-state index is 0.243. The van der Waals surface area contributed by atoms with Crippen molar-refractivity contribution in [2.45, 2.75) is 25.4 Å². The molecule has 1 atom stereocenters. The van der Waals surface area contributed by atoms with Crippen molar-refractivity contribution >= 4 is 11.6 Å². The highest BCUT2D eigenvalue weighted by Crippen LogP contribution is 2.31. The first kappa shape index (κ1) is 13.8. The van der Waals surface area contributed by atoms with Crippen LogP contribution < -0.4 is 20.9 Å². The summed E-state index contributed by atoms with van der Waals surface area (Å²) >= 11 is 0. The molecular formula is C12H21N5O2. The van der Waals surface area contributed by atoms with Crippen molar-refractivity contribution in [1.29, 1.82) is 0 Å². The minimum absolute atomic E-state index is 0.243. The van der Waals surface area contributed by atoms with E-state index in [0.29, 0.717) is 17.4 Å². The smallest absolute Gasteiger partial charge is 0.205 e. The largest absolute Gasteiger partial charge is 0.490 e. The number of hydrazine groups is 1. The molecule has 0 saturated carbocycles. The molecule has 0 spiro atoms. The van der Waals surface area contributed by atoms with Gasteiger partial charge in [0, 0.05) is 20.2 Å². The summed E-state index contributed by atoms with van der Waals surface area (Å²) in [6.45, 7) is 1.62. The van der Waals surface area contributed by atoms with Crippen LogP contribution in [-0.4, -0.2) is 43.4 Å². The number of nitrogen functional groups attached to an aromatic ring is 1. The molecule has 0 bridgehead atoms. The lowest BCUT2D eigenvalue weighted by molar-refractivity contribution is 0.0215. The van der Waals surface area contributed by atoms with Gasteiger partial charge in [-0.25, -0.2) is 15.8 Å². The van der Waals surface area contributed by atoms with Crippen molar-refractivity contribution in [3.8, 4) is 5.75 Å². The van der Waals surface area contributed by atoms with E-state index < -0.39 is 0 Å². The normalized spacial score (nSPS) is 19.0. The van der Waals surface area contributed by atoms with Gasteiger partial charge in [-0.05, 0) is 19.3 Å². The van der Waals surface area contributed by atoms with Crippen molar-refractivity contribution in [2.75, 3.05) is 37.6 Å². The summed E-state index contributed by atoms with van der Waals surface area (Å²) in [4.78, 5) is 10.3. The Labute approximate surface area is 113 Å². The summed E-state index contributed by atoms with van der Waals surface area (Å²) in [5.74, 6) is 7.14. The highest BCUT2D eigenvalue weighted by molar-refractivity contribution is 5.64. The number of rotatable bonds is 5. The van der Waals surface area contributed by atoms with Crippen LogP contribution in [0.25, 0.3) is 0 Å². The van der Waals surface area contributed by atoms with Gasteiger partial charge in [-0.3, -0.25) is 0 Å². The average molecular weight is 267 g/mol. The number of aromatic nitrogens is 2. The quantitative estimate of drug-likeness (QED) is 0.602. The van der Waals surface area contributed by atoms with Crippen molar-refractivity contribution in [3.63, 3.8) is 0 Å². The Morgan fingerprint density at radius 1 is 1.53 bits per heavy atom. The first-order valence-corrected chi connectivity index (χ1v) is 6.44. The van der Waals surface area contributed by atoms with Crippen molar-refractivity contribution < 1.29 is 9.47 Å². The van der Waals surface area contributed by atoms with Crippen LogP contribution in [0.5, 0.6) is 5.75 Å². The number of ether oxygens (including phenoxy) is 2. The average Bonchev–Trinajstić information content (AvgIpc) is 2.47. The number of nitrogens with zero attached hydrogens (tertiary/aromatic N) is 3. The predicted octanol–water partition coefficient (Wildman–Crippen LogP) is 0.776. The van der Waals surface area contributed by atoms with E-state index in [9.17, 15) is 0 Å². The Kier molecular flexibility index (Phi) is 4.75. The molecule has 7 heteroatoms. The van der Waals surface area contributed by atoms with Gasteiger partial charge in [0.25, 0.3) is 0 Å². The number of nitrogens with two attached hydrogens (primary N) is 1. The molecule has 0 radical (unpaired) electrons. The third-order valence-corrected chi connectivity index (χ3v) is 3.24. The fourth-order valence-electron chi connectivity index (χ4n) is 2.27. The van der Waals surface area contributed by atoms with E-state index in [1.54, 1.807) is 7.11 Å². The maximum absolute atomic E-state index is 5.73. The summed E-state index contributed by atoms with van der Waals surface area (Å²) in [5.41, 5.74) is 2.51. The molecule has 0 amide bonds. The molecule has 0 aliphatic carbocycles. The molecule has 2 heterocycles. The van der Waals surface area contributed by atoms with E-state index >= 15 is 0 Å². The predicted molar refractivity (Wildman–Crippen MR) is 73.3 cm³/mol. The summed E-state index contributed by atoms with van der Waals surface area (Å²) in [7, 11) is 3.54. The van der Waals surface area contributed by atoms with Crippen LogP contribution in [0.4, 0.5) is 11.6 Å². The van der Waals surface area contributed by atoms with Crippen LogP contribution >= 0.6 is 0 Å². The maximum Gasteiger partial charge on any atom is 0.205 e. The lowest BCUT2D eigenvalue weighted by Gasteiger charge is -2.28. The Bertz CT molecular complexity index is 409. The summed E-state index contributed by atoms with van der Waals surface area (Å²) < 4.78 is 11.1.